The molecule has 1 aliphatic heterocycles. The summed E-state index contributed by atoms with van der Waals surface area (Å²) < 4.78 is 2.13. The van der Waals surface area contributed by atoms with Crippen LogP contribution >= 0.6 is 11.6 Å². The Kier molecular flexibility index (Phi) is 5.22. The molecule has 0 saturated carbocycles. The number of hydrogen-bond acceptors (Lipinski definition) is 5. The van der Waals surface area contributed by atoms with E-state index in [-0.39, 0.29) is 5.75 Å². The predicted molar refractivity (Wildman–Crippen MR) is 138 cm³/mol. The minimum absolute atomic E-state index is 0.0580. The van der Waals surface area contributed by atoms with Gasteiger partial charge in [0.2, 0.25) is 5.95 Å². The molecule has 2 aromatic carbocycles. The van der Waals surface area contributed by atoms with E-state index in [1.54, 1.807) is 0 Å². The number of nitrogens with zero attached hydrogens (tertiary/aromatic N) is 5. The number of aromatic nitrogens is 5. The average molecular weight is 485 g/mol. The number of benzene rings is 2. The molecule has 8 heteroatoms. The van der Waals surface area contributed by atoms with Gasteiger partial charge < -0.3 is 15.0 Å². The summed E-state index contributed by atoms with van der Waals surface area (Å²) in [6, 6.07) is 12.5. The van der Waals surface area contributed by atoms with Crippen LogP contribution in [0.1, 0.15) is 29.3 Å². The molecule has 0 radical (unpaired) electrons. The molecule has 6 rings (SSSR count). The third-order valence-corrected chi connectivity index (χ3v) is 7.10. The van der Waals surface area contributed by atoms with Gasteiger partial charge in [-0.15, -0.1) is 0 Å². The van der Waals surface area contributed by atoms with Gasteiger partial charge >= 0.3 is 0 Å². The lowest BCUT2D eigenvalue weighted by molar-refractivity contribution is 0.469. The third kappa shape index (κ3) is 3.54. The maximum Gasteiger partial charge on any atom is 0.225 e. The number of aromatic hydroxyl groups is 1. The Morgan fingerprint density at radius 1 is 1.11 bits per heavy atom. The van der Waals surface area contributed by atoms with E-state index in [1.165, 1.54) is 23.5 Å². The minimum Gasteiger partial charge on any atom is -0.505 e. The first kappa shape index (κ1) is 21.7. The lowest BCUT2D eigenvalue weighted by Crippen LogP contribution is -2.31. The lowest BCUT2D eigenvalue weighted by atomic mass is 9.98. The summed E-state index contributed by atoms with van der Waals surface area (Å²) in [5, 5.41) is 16.6. The van der Waals surface area contributed by atoms with Crippen LogP contribution in [0.3, 0.4) is 0 Å². The second kappa shape index (κ2) is 8.43. The molecule has 5 aromatic rings. The molecule has 0 atom stereocenters. The van der Waals surface area contributed by atoms with Crippen molar-refractivity contribution in [3.63, 3.8) is 0 Å². The van der Waals surface area contributed by atoms with Crippen molar-refractivity contribution in [3.05, 3.63) is 82.4 Å². The first-order valence-electron chi connectivity index (χ1n) is 11.8. The van der Waals surface area contributed by atoms with E-state index in [0.717, 1.165) is 58.5 Å². The monoisotopic (exact) mass is 484 g/mol. The molecular weight excluding hydrogens is 460 g/mol. The maximum absolute atomic E-state index is 9.64. The number of H-pyrrole nitrogens is 1. The number of halogens is 1. The van der Waals surface area contributed by atoms with Crippen LogP contribution in [0.4, 0.5) is 5.95 Å². The molecule has 4 heterocycles. The second-order valence-corrected chi connectivity index (χ2v) is 9.30. The average Bonchev–Trinajstić information content (AvgIpc) is 3.50. The Labute approximate surface area is 208 Å². The van der Waals surface area contributed by atoms with Crippen molar-refractivity contribution in [3.8, 4) is 22.7 Å². The molecule has 2 N–H and O–H groups in total. The molecule has 0 amide bonds. The fraction of sp³-hybridized carbons (Fsp3) is 0.222. The van der Waals surface area contributed by atoms with Crippen molar-refractivity contribution >= 4 is 28.5 Å². The molecular formula is C27H25ClN6O. The number of hydrogen-bond donors (Lipinski definition) is 2. The fourth-order valence-corrected chi connectivity index (χ4v) is 5.32. The van der Waals surface area contributed by atoms with Crippen molar-refractivity contribution in [1.29, 1.82) is 0 Å². The molecule has 0 unspecified atom stereocenters. The SMILES string of the molecule is CCc1cccc(C)c1-n1nc2c(c1-c1ccc(Cl)c3[nH]ccc13)CN(c1ncc(O)cn1)CC2. The minimum atomic E-state index is 0.0580. The van der Waals surface area contributed by atoms with Crippen molar-refractivity contribution < 1.29 is 5.11 Å². The quantitative estimate of drug-likeness (QED) is 0.347. The van der Waals surface area contributed by atoms with Crippen LogP contribution in [0.5, 0.6) is 5.75 Å². The number of aromatic amines is 1. The first-order valence-corrected chi connectivity index (χ1v) is 12.1. The maximum atomic E-state index is 9.64. The number of fused-ring (bicyclic) bond motifs is 2. The van der Waals surface area contributed by atoms with Crippen LogP contribution in [0.15, 0.2) is 55.0 Å². The smallest absolute Gasteiger partial charge is 0.225 e. The Hall–Kier alpha value is -3.84. The molecule has 7 nitrogen and oxygen atoms in total. The predicted octanol–water partition coefficient (Wildman–Crippen LogP) is 5.60. The molecule has 176 valence electrons. The van der Waals surface area contributed by atoms with E-state index in [4.69, 9.17) is 16.7 Å². The van der Waals surface area contributed by atoms with Gasteiger partial charge in [0.25, 0.3) is 0 Å². The van der Waals surface area contributed by atoms with Crippen molar-refractivity contribution in [2.45, 2.75) is 33.2 Å². The van der Waals surface area contributed by atoms with E-state index >= 15 is 0 Å². The Bertz CT molecular complexity index is 1550. The Morgan fingerprint density at radius 2 is 1.94 bits per heavy atom. The van der Waals surface area contributed by atoms with Crippen LogP contribution in [-0.2, 0) is 19.4 Å². The number of nitrogens with one attached hydrogen (secondary N) is 1. The first-order chi connectivity index (χ1) is 17.0. The van der Waals surface area contributed by atoms with Crippen molar-refractivity contribution in [2.24, 2.45) is 0 Å². The number of anilines is 1. The number of aryl methyl sites for hydroxylation is 2. The number of rotatable bonds is 4. The van der Waals surface area contributed by atoms with Gasteiger partial charge in [-0.25, -0.2) is 14.6 Å². The highest BCUT2D eigenvalue weighted by Gasteiger charge is 2.29. The molecule has 3 aromatic heterocycles. The number of para-hydroxylation sites is 1. The van der Waals surface area contributed by atoms with Gasteiger partial charge in [0.1, 0.15) is 0 Å². The van der Waals surface area contributed by atoms with E-state index in [1.807, 2.05) is 12.3 Å². The van der Waals surface area contributed by atoms with Crippen LogP contribution < -0.4 is 4.90 Å². The summed E-state index contributed by atoms with van der Waals surface area (Å²) in [4.78, 5) is 14.1. The zero-order valence-corrected chi connectivity index (χ0v) is 20.3. The molecule has 0 aliphatic carbocycles. The van der Waals surface area contributed by atoms with Gasteiger partial charge in [-0.05, 0) is 36.6 Å². The van der Waals surface area contributed by atoms with E-state index in [2.05, 4.69) is 68.7 Å². The van der Waals surface area contributed by atoms with Crippen LogP contribution in [-0.4, -0.2) is 36.4 Å². The zero-order chi connectivity index (χ0) is 24.1. The van der Waals surface area contributed by atoms with Gasteiger partial charge in [-0.2, -0.15) is 5.10 Å². The molecule has 0 spiro atoms. The van der Waals surface area contributed by atoms with E-state index < -0.39 is 0 Å². The van der Waals surface area contributed by atoms with Crippen LogP contribution in [0, 0.1) is 6.92 Å². The summed E-state index contributed by atoms with van der Waals surface area (Å²) in [5.74, 6) is 0.655. The topological polar surface area (TPSA) is 82.9 Å². The third-order valence-electron chi connectivity index (χ3n) is 6.78. The molecule has 0 bridgehead atoms. The Balaban J connectivity index is 1.60. The summed E-state index contributed by atoms with van der Waals surface area (Å²) in [5.41, 5.74) is 8.87. The van der Waals surface area contributed by atoms with Gasteiger partial charge in [0, 0.05) is 42.2 Å². The summed E-state index contributed by atoms with van der Waals surface area (Å²) in [7, 11) is 0. The highest BCUT2D eigenvalue weighted by molar-refractivity contribution is 6.35. The highest BCUT2D eigenvalue weighted by atomic mass is 35.5. The molecule has 0 saturated heterocycles. The van der Waals surface area contributed by atoms with Crippen molar-refractivity contribution in [2.75, 3.05) is 11.4 Å². The Morgan fingerprint density at radius 3 is 2.74 bits per heavy atom. The summed E-state index contributed by atoms with van der Waals surface area (Å²) in [6.07, 6.45) is 6.48. The highest BCUT2D eigenvalue weighted by Crippen LogP contribution is 2.39. The molecule has 0 fully saturated rings. The van der Waals surface area contributed by atoms with Gasteiger partial charge in [-0.1, -0.05) is 42.8 Å². The van der Waals surface area contributed by atoms with Gasteiger partial charge in [0.15, 0.2) is 5.75 Å². The normalized spacial score (nSPS) is 13.4. The zero-order valence-electron chi connectivity index (χ0n) is 19.6. The van der Waals surface area contributed by atoms with E-state index in [9.17, 15) is 5.11 Å². The van der Waals surface area contributed by atoms with E-state index in [0.29, 0.717) is 17.5 Å². The molecule has 1 aliphatic rings. The lowest BCUT2D eigenvalue weighted by Gasteiger charge is -2.27. The van der Waals surface area contributed by atoms with Crippen molar-refractivity contribution in [1.82, 2.24) is 24.7 Å². The largest absolute Gasteiger partial charge is 0.505 e. The summed E-state index contributed by atoms with van der Waals surface area (Å²) in [6.45, 7) is 5.70. The van der Waals surface area contributed by atoms with Gasteiger partial charge in [0.05, 0.1) is 40.0 Å². The van der Waals surface area contributed by atoms with Crippen LogP contribution in [0.2, 0.25) is 5.02 Å². The van der Waals surface area contributed by atoms with Gasteiger partial charge in [-0.3, -0.25) is 0 Å². The summed E-state index contributed by atoms with van der Waals surface area (Å²) >= 11 is 6.52. The standard InChI is InChI=1S/C27H25ClN6O/c1-3-17-6-4-5-16(2)25(17)34-26(20-7-8-22(28)24-19(20)9-11-29-24)21-15-33(12-10-23(21)32-34)27-30-13-18(35)14-31-27/h4-9,11,13-14,29,35H,3,10,12,15H2,1-2H3. The fourth-order valence-electron chi connectivity index (χ4n) is 5.10. The van der Waals surface area contributed by atoms with Crippen LogP contribution in [0.25, 0.3) is 27.8 Å². The molecule has 35 heavy (non-hydrogen) atoms. The second-order valence-electron chi connectivity index (χ2n) is 8.90.